The largest absolute Gasteiger partial charge is 0.481 e. The minimum Gasteiger partial charge on any atom is -0.481 e. The highest BCUT2D eigenvalue weighted by atomic mass is 32.2. The molecule has 3 aromatic rings. The quantitative estimate of drug-likeness (QED) is 0.491. The summed E-state index contributed by atoms with van der Waals surface area (Å²) in [6.45, 7) is 7.81. The Hall–Kier alpha value is -3.32. The summed E-state index contributed by atoms with van der Waals surface area (Å²) in [7, 11) is -3.73. The first-order chi connectivity index (χ1) is 15.2. The van der Waals surface area contributed by atoms with Gasteiger partial charge >= 0.3 is 0 Å². The molecule has 0 spiro atoms. The second-order valence-electron chi connectivity index (χ2n) is 7.75. The maximum absolute atomic E-state index is 12.7. The van der Waals surface area contributed by atoms with E-state index < -0.39 is 16.1 Å². The van der Waals surface area contributed by atoms with E-state index >= 15 is 0 Å². The molecule has 168 valence electrons. The minimum absolute atomic E-state index is 0.106. The fourth-order valence-electron chi connectivity index (χ4n) is 3.05. The van der Waals surface area contributed by atoms with Crippen LogP contribution in [0.5, 0.6) is 5.75 Å². The van der Waals surface area contributed by atoms with Gasteiger partial charge in [0.1, 0.15) is 5.75 Å². The molecule has 1 amide bonds. The Morgan fingerprint density at radius 3 is 2.09 bits per heavy atom. The third-order valence-electron chi connectivity index (χ3n) is 5.16. The SMILES string of the molecule is CC[C@H](Oc1ccc(C)c(C)c1)C(=O)Nc1ccc(S(=O)(=O)Nc2ccc(C)cc2)cc1. The zero-order valence-corrected chi connectivity index (χ0v) is 19.5. The highest BCUT2D eigenvalue weighted by Crippen LogP contribution is 2.21. The summed E-state index contributed by atoms with van der Waals surface area (Å²) in [6.07, 6.45) is -0.171. The van der Waals surface area contributed by atoms with E-state index in [1.54, 1.807) is 24.3 Å². The molecule has 0 unspecified atom stereocenters. The zero-order chi connectivity index (χ0) is 23.3. The molecule has 0 aliphatic carbocycles. The van der Waals surface area contributed by atoms with E-state index in [0.717, 1.165) is 16.7 Å². The van der Waals surface area contributed by atoms with E-state index in [9.17, 15) is 13.2 Å². The number of ether oxygens (including phenoxy) is 1. The molecule has 0 saturated heterocycles. The van der Waals surface area contributed by atoms with E-state index in [4.69, 9.17) is 4.74 Å². The highest BCUT2D eigenvalue weighted by molar-refractivity contribution is 7.92. The number of benzene rings is 3. The minimum atomic E-state index is -3.73. The van der Waals surface area contributed by atoms with Crippen LogP contribution in [0.2, 0.25) is 0 Å². The lowest BCUT2D eigenvalue weighted by molar-refractivity contribution is -0.122. The summed E-state index contributed by atoms with van der Waals surface area (Å²) >= 11 is 0. The van der Waals surface area contributed by atoms with Crippen molar-refractivity contribution in [2.45, 2.75) is 45.1 Å². The zero-order valence-electron chi connectivity index (χ0n) is 18.7. The topological polar surface area (TPSA) is 84.5 Å². The van der Waals surface area contributed by atoms with Crippen LogP contribution in [0.25, 0.3) is 0 Å². The van der Waals surface area contributed by atoms with Crippen LogP contribution in [0.3, 0.4) is 0 Å². The molecule has 32 heavy (non-hydrogen) atoms. The Labute approximate surface area is 189 Å². The summed E-state index contributed by atoms with van der Waals surface area (Å²) in [5.74, 6) is 0.345. The molecule has 0 aliphatic heterocycles. The number of anilines is 2. The first-order valence-electron chi connectivity index (χ1n) is 10.4. The van der Waals surface area contributed by atoms with Gasteiger partial charge in [0.2, 0.25) is 0 Å². The van der Waals surface area contributed by atoms with Crippen LogP contribution >= 0.6 is 0 Å². The molecule has 3 rings (SSSR count). The van der Waals surface area contributed by atoms with Gasteiger partial charge in [-0.25, -0.2) is 8.42 Å². The van der Waals surface area contributed by atoms with Crippen LogP contribution in [0.15, 0.2) is 71.6 Å². The van der Waals surface area contributed by atoms with Gasteiger partial charge in [-0.2, -0.15) is 0 Å². The highest BCUT2D eigenvalue weighted by Gasteiger charge is 2.20. The number of carbonyl (C=O) groups excluding carboxylic acids is 1. The summed E-state index contributed by atoms with van der Waals surface area (Å²) in [5.41, 5.74) is 4.27. The molecule has 0 heterocycles. The van der Waals surface area contributed by atoms with Gasteiger partial charge in [-0.3, -0.25) is 9.52 Å². The number of aryl methyl sites for hydroxylation is 3. The maximum Gasteiger partial charge on any atom is 0.265 e. The second kappa shape index (κ2) is 9.87. The monoisotopic (exact) mass is 452 g/mol. The molecule has 0 radical (unpaired) electrons. The number of nitrogens with one attached hydrogen (secondary N) is 2. The van der Waals surface area contributed by atoms with Crippen molar-refractivity contribution in [2.24, 2.45) is 0 Å². The van der Waals surface area contributed by atoms with E-state index in [-0.39, 0.29) is 10.8 Å². The van der Waals surface area contributed by atoms with Crippen molar-refractivity contribution in [1.29, 1.82) is 0 Å². The van der Waals surface area contributed by atoms with Crippen molar-refractivity contribution in [3.8, 4) is 5.75 Å². The van der Waals surface area contributed by atoms with Gasteiger partial charge in [-0.05, 0) is 86.8 Å². The van der Waals surface area contributed by atoms with Gasteiger partial charge in [-0.1, -0.05) is 30.7 Å². The molecule has 3 aromatic carbocycles. The smallest absolute Gasteiger partial charge is 0.265 e. The van der Waals surface area contributed by atoms with Crippen molar-refractivity contribution >= 4 is 27.3 Å². The standard InChI is InChI=1S/C25H28N2O4S/c1-5-24(31-22-13-8-18(3)19(4)16-22)25(28)26-20-11-14-23(15-12-20)32(29,30)27-21-9-6-17(2)7-10-21/h6-16,24,27H,5H2,1-4H3,(H,26,28)/t24-/m0/s1. The van der Waals surface area contributed by atoms with Crippen LogP contribution in [-0.2, 0) is 14.8 Å². The van der Waals surface area contributed by atoms with Crippen molar-refractivity contribution in [1.82, 2.24) is 0 Å². The molecule has 0 fully saturated rings. The molecule has 0 aromatic heterocycles. The van der Waals surface area contributed by atoms with Crippen LogP contribution in [-0.4, -0.2) is 20.4 Å². The lowest BCUT2D eigenvalue weighted by atomic mass is 10.1. The van der Waals surface area contributed by atoms with Crippen molar-refractivity contribution in [3.05, 3.63) is 83.4 Å². The molecule has 0 saturated carbocycles. The molecule has 7 heteroatoms. The molecule has 0 bridgehead atoms. The average Bonchev–Trinajstić information content (AvgIpc) is 2.76. The average molecular weight is 453 g/mol. The Kier molecular flexibility index (Phi) is 7.20. The first kappa shape index (κ1) is 23.3. The Morgan fingerprint density at radius 2 is 1.50 bits per heavy atom. The van der Waals surface area contributed by atoms with Crippen LogP contribution in [0.4, 0.5) is 11.4 Å². The van der Waals surface area contributed by atoms with Crippen LogP contribution < -0.4 is 14.8 Å². The predicted octanol–water partition coefficient (Wildman–Crippen LogP) is 5.21. The third kappa shape index (κ3) is 5.88. The van der Waals surface area contributed by atoms with Gasteiger partial charge < -0.3 is 10.1 Å². The predicted molar refractivity (Wildman–Crippen MR) is 128 cm³/mol. The molecule has 0 aliphatic rings. The number of amides is 1. The number of hydrogen-bond acceptors (Lipinski definition) is 4. The summed E-state index contributed by atoms with van der Waals surface area (Å²) < 4.78 is 33.6. The molecule has 2 N–H and O–H groups in total. The van der Waals surface area contributed by atoms with E-state index in [1.165, 1.54) is 12.1 Å². The molecular weight excluding hydrogens is 424 g/mol. The van der Waals surface area contributed by atoms with Gasteiger partial charge in [0.05, 0.1) is 4.90 Å². The normalized spacial score (nSPS) is 12.1. The van der Waals surface area contributed by atoms with Crippen molar-refractivity contribution in [3.63, 3.8) is 0 Å². The second-order valence-corrected chi connectivity index (χ2v) is 9.43. The fraction of sp³-hybridized carbons (Fsp3) is 0.240. The van der Waals surface area contributed by atoms with Gasteiger partial charge in [0, 0.05) is 11.4 Å². The first-order valence-corrected chi connectivity index (χ1v) is 11.9. The van der Waals surface area contributed by atoms with Crippen molar-refractivity contribution in [2.75, 3.05) is 10.0 Å². The Morgan fingerprint density at radius 1 is 0.875 bits per heavy atom. The number of carbonyl (C=O) groups is 1. The summed E-state index contributed by atoms with van der Waals surface area (Å²) in [6, 6.07) is 18.8. The Bertz CT molecular complexity index is 1190. The van der Waals surface area contributed by atoms with E-state index in [2.05, 4.69) is 10.0 Å². The van der Waals surface area contributed by atoms with E-state index in [1.807, 2.05) is 58.0 Å². The number of hydrogen-bond donors (Lipinski definition) is 2. The Balaban J connectivity index is 1.66. The summed E-state index contributed by atoms with van der Waals surface area (Å²) in [4.78, 5) is 12.8. The number of rotatable bonds is 8. The lowest BCUT2D eigenvalue weighted by Crippen LogP contribution is -2.32. The fourth-order valence-corrected chi connectivity index (χ4v) is 4.11. The summed E-state index contributed by atoms with van der Waals surface area (Å²) in [5, 5.41) is 2.79. The van der Waals surface area contributed by atoms with Crippen LogP contribution in [0, 0.1) is 20.8 Å². The molecule has 6 nitrogen and oxygen atoms in total. The van der Waals surface area contributed by atoms with Gasteiger partial charge in [0.15, 0.2) is 6.10 Å². The number of sulfonamides is 1. The molecule has 1 atom stereocenters. The van der Waals surface area contributed by atoms with Gasteiger partial charge in [-0.15, -0.1) is 0 Å². The van der Waals surface area contributed by atoms with Crippen LogP contribution in [0.1, 0.15) is 30.0 Å². The maximum atomic E-state index is 12.7. The lowest BCUT2D eigenvalue weighted by Gasteiger charge is -2.18. The van der Waals surface area contributed by atoms with E-state index in [0.29, 0.717) is 23.5 Å². The van der Waals surface area contributed by atoms with Gasteiger partial charge in [0.25, 0.3) is 15.9 Å². The third-order valence-corrected chi connectivity index (χ3v) is 6.55. The van der Waals surface area contributed by atoms with Crippen molar-refractivity contribution < 1.29 is 17.9 Å². The molecular formula is C25H28N2O4S.